The fraction of sp³-hybridized carbons (Fsp3) is 0.385. The largest absolute Gasteiger partial charge is 0.465 e. The number of anilines is 1. The number of benzene rings is 2. The van der Waals surface area contributed by atoms with Gasteiger partial charge in [-0.05, 0) is 54.7 Å². The number of hydrazine groups is 1. The van der Waals surface area contributed by atoms with Crippen LogP contribution in [0.15, 0.2) is 60.4 Å². The summed E-state index contributed by atoms with van der Waals surface area (Å²) in [6, 6.07) is 14.9. The number of carbonyl (C=O) groups excluding carboxylic acids is 2. The minimum absolute atomic E-state index is 0.192. The number of nitrogens with one attached hydrogen (secondary N) is 1. The number of carbonyl (C=O) groups is 2. The van der Waals surface area contributed by atoms with Crippen LogP contribution in [0.25, 0.3) is 0 Å². The van der Waals surface area contributed by atoms with Gasteiger partial charge < -0.3 is 26.5 Å². The van der Waals surface area contributed by atoms with Gasteiger partial charge in [0.05, 0.1) is 13.2 Å². The predicted molar refractivity (Wildman–Crippen MR) is 150 cm³/mol. The minimum Gasteiger partial charge on any atom is -0.465 e. The molecule has 0 spiro atoms. The SMILES string of the molecule is CCOC(=O)C(CC(C)C)C(=O)Nc1ccc(CN(N)/C=C(\N)CN)cc1.SCc1ccc(Cl)cc1. The molecule has 2 aromatic rings. The molecule has 2 aromatic carbocycles. The Morgan fingerprint density at radius 3 is 2.19 bits per heavy atom. The van der Waals surface area contributed by atoms with Gasteiger partial charge in [0, 0.05) is 34.9 Å². The average Bonchev–Trinajstić information content (AvgIpc) is 2.84. The molecule has 2 rings (SSSR count). The molecule has 36 heavy (non-hydrogen) atoms. The van der Waals surface area contributed by atoms with Crippen molar-refractivity contribution in [1.29, 1.82) is 0 Å². The average molecular weight is 536 g/mol. The summed E-state index contributed by atoms with van der Waals surface area (Å²) in [5.41, 5.74) is 14.3. The van der Waals surface area contributed by atoms with Crippen molar-refractivity contribution in [2.45, 2.75) is 39.5 Å². The normalized spacial score (nSPS) is 11.8. The summed E-state index contributed by atoms with van der Waals surface area (Å²) in [6.45, 7) is 6.55. The number of esters is 1. The number of nitrogens with two attached hydrogens (primary N) is 3. The Bertz CT molecular complexity index is 969. The first-order valence-corrected chi connectivity index (χ1v) is 12.7. The van der Waals surface area contributed by atoms with Gasteiger partial charge in [0.15, 0.2) is 0 Å². The Balaban J connectivity index is 0.000000600. The lowest BCUT2D eigenvalue weighted by Crippen LogP contribution is -2.32. The molecule has 198 valence electrons. The highest BCUT2D eigenvalue weighted by molar-refractivity contribution is 7.79. The van der Waals surface area contributed by atoms with Gasteiger partial charge in [-0.25, -0.2) is 5.84 Å². The Labute approximate surface area is 224 Å². The van der Waals surface area contributed by atoms with Gasteiger partial charge in [-0.15, -0.1) is 0 Å². The summed E-state index contributed by atoms with van der Waals surface area (Å²) in [5.74, 6) is 5.13. The molecule has 0 aliphatic heterocycles. The number of hydrogen-bond donors (Lipinski definition) is 5. The topological polar surface area (TPSA) is 137 Å². The molecule has 0 aromatic heterocycles. The van der Waals surface area contributed by atoms with Crippen molar-refractivity contribution >= 4 is 41.8 Å². The van der Waals surface area contributed by atoms with E-state index in [2.05, 4.69) is 17.9 Å². The summed E-state index contributed by atoms with van der Waals surface area (Å²) < 4.78 is 5.02. The lowest BCUT2D eigenvalue weighted by atomic mass is 9.96. The first-order valence-electron chi connectivity index (χ1n) is 11.7. The molecule has 1 amide bonds. The molecule has 1 unspecified atom stereocenters. The number of ether oxygens (including phenoxy) is 1. The van der Waals surface area contributed by atoms with Crippen LogP contribution in [-0.4, -0.2) is 30.0 Å². The maximum Gasteiger partial charge on any atom is 0.318 e. The van der Waals surface area contributed by atoms with Gasteiger partial charge in [-0.1, -0.05) is 49.7 Å². The first-order chi connectivity index (χ1) is 17.1. The Morgan fingerprint density at radius 1 is 1.11 bits per heavy atom. The zero-order chi connectivity index (χ0) is 27.1. The molecule has 0 saturated carbocycles. The smallest absolute Gasteiger partial charge is 0.318 e. The molecule has 0 bridgehead atoms. The zero-order valence-corrected chi connectivity index (χ0v) is 22.8. The van der Waals surface area contributed by atoms with Gasteiger partial charge in [0.1, 0.15) is 5.92 Å². The van der Waals surface area contributed by atoms with E-state index in [1.165, 1.54) is 10.6 Å². The van der Waals surface area contributed by atoms with Crippen LogP contribution in [0.4, 0.5) is 5.69 Å². The van der Waals surface area contributed by atoms with Crippen molar-refractivity contribution in [1.82, 2.24) is 5.01 Å². The molecule has 0 heterocycles. The number of thiol groups is 1. The molecule has 8 nitrogen and oxygen atoms in total. The summed E-state index contributed by atoms with van der Waals surface area (Å²) >= 11 is 9.74. The summed E-state index contributed by atoms with van der Waals surface area (Å²) in [7, 11) is 0. The molecular formula is C26H38ClN5O3S. The highest BCUT2D eigenvalue weighted by atomic mass is 35.5. The number of halogens is 1. The van der Waals surface area contributed by atoms with Crippen molar-refractivity contribution < 1.29 is 14.3 Å². The zero-order valence-electron chi connectivity index (χ0n) is 21.1. The van der Waals surface area contributed by atoms with Gasteiger partial charge >= 0.3 is 5.97 Å². The second-order valence-electron chi connectivity index (χ2n) is 8.49. The van der Waals surface area contributed by atoms with E-state index in [4.69, 9.17) is 33.6 Å². The molecule has 0 aliphatic rings. The number of hydrogen-bond acceptors (Lipinski definition) is 8. The highest BCUT2D eigenvalue weighted by Crippen LogP contribution is 2.18. The third-order valence-electron chi connectivity index (χ3n) is 4.84. The quantitative estimate of drug-likeness (QED) is 0.0961. The predicted octanol–water partition coefficient (Wildman–Crippen LogP) is 4.05. The van der Waals surface area contributed by atoms with E-state index in [1.54, 1.807) is 25.3 Å². The molecular weight excluding hydrogens is 498 g/mol. The fourth-order valence-electron chi connectivity index (χ4n) is 3.06. The van der Waals surface area contributed by atoms with Crippen LogP contribution in [0.1, 0.15) is 38.3 Å². The van der Waals surface area contributed by atoms with Crippen LogP contribution in [-0.2, 0) is 26.6 Å². The van der Waals surface area contributed by atoms with Gasteiger partial charge in [0.25, 0.3) is 0 Å². The van der Waals surface area contributed by atoms with Crippen molar-refractivity contribution in [3.63, 3.8) is 0 Å². The maximum absolute atomic E-state index is 12.5. The fourth-order valence-corrected chi connectivity index (χ4v) is 3.40. The Kier molecular flexibility index (Phi) is 14.7. The third-order valence-corrected chi connectivity index (χ3v) is 5.46. The second kappa shape index (κ2) is 16.9. The van der Waals surface area contributed by atoms with Crippen molar-refractivity contribution in [3.8, 4) is 0 Å². The van der Waals surface area contributed by atoms with Crippen molar-refractivity contribution in [3.05, 3.63) is 76.6 Å². The van der Waals surface area contributed by atoms with E-state index in [1.807, 2.05) is 50.2 Å². The van der Waals surface area contributed by atoms with Crippen LogP contribution >= 0.6 is 24.2 Å². The minimum atomic E-state index is -0.825. The lowest BCUT2D eigenvalue weighted by Gasteiger charge is -2.18. The standard InChI is InChI=1S/C19H31N5O3.C7H7ClS/c1-4-27-19(26)17(9-13(2)3)18(25)23-16-7-5-14(6-8-16)11-24(22)12-15(21)10-20;8-7-3-1-6(5-9)2-4-7/h5-8,12-13,17H,4,9-11,20-22H2,1-3H3,(H,23,25);1-4,9H,5H2/b15-12-;. The number of nitrogens with zero attached hydrogens (tertiary/aromatic N) is 1. The monoisotopic (exact) mass is 535 g/mol. The number of rotatable bonds is 11. The second-order valence-corrected chi connectivity index (χ2v) is 9.24. The van der Waals surface area contributed by atoms with E-state index < -0.39 is 11.9 Å². The Morgan fingerprint density at radius 2 is 1.69 bits per heavy atom. The molecule has 0 saturated heterocycles. The molecule has 7 N–H and O–H groups in total. The van der Waals surface area contributed by atoms with E-state index in [0.717, 1.165) is 16.3 Å². The van der Waals surface area contributed by atoms with Crippen LogP contribution in [0.3, 0.4) is 0 Å². The van der Waals surface area contributed by atoms with E-state index in [-0.39, 0.29) is 25.0 Å². The van der Waals surface area contributed by atoms with Crippen LogP contribution in [0.5, 0.6) is 0 Å². The van der Waals surface area contributed by atoms with Gasteiger partial charge in [-0.2, -0.15) is 12.6 Å². The van der Waals surface area contributed by atoms with Crippen LogP contribution in [0.2, 0.25) is 5.02 Å². The summed E-state index contributed by atoms with van der Waals surface area (Å²) in [6.07, 6.45) is 2.01. The molecule has 0 aliphatic carbocycles. The van der Waals surface area contributed by atoms with Crippen LogP contribution in [0, 0.1) is 11.8 Å². The van der Waals surface area contributed by atoms with E-state index in [9.17, 15) is 9.59 Å². The summed E-state index contributed by atoms with van der Waals surface area (Å²) in [5, 5.41) is 4.99. The van der Waals surface area contributed by atoms with E-state index >= 15 is 0 Å². The third kappa shape index (κ3) is 12.3. The number of amides is 1. The lowest BCUT2D eigenvalue weighted by molar-refractivity contribution is -0.151. The van der Waals surface area contributed by atoms with Gasteiger partial charge in [0.2, 0.25) is 5.91 Å². The first kappa shape index (κ1) is 31.3. The van der Waals surface area contributed by atoms with E-state index in [0.29, 0.717) is 24.4 Å². The van der Waals surface area contributed by atoms with Crippen molar-refractivity contribution in [2.24, 2.45) is 29.1 Å². The van der Waals surface area contributed by atoms with Crippen molar-refractivity contribution in [2.75, 3.05) is 18.5 Å². The molecule has 1 atom stereocenters. The molecule has 10 heteroatoms. The highest BCUT2D eigenvalue weighted by Gasteiger charge is 2.28. The Hall–Kier alpha value is -2.72. The molecule has 0 radical (unpaired) electrons. The molecule has 0 fully saturated rings. The maximum atomic E-state index is 12.5. The van der Waals surface area contributed by atoms with Gasteiger partial charge in [-0.3, -0.25) is 9.59 Å². The van der Waals surface area contributed by atoms with Crippen LogP contribution < -0.4 is 22.6 Å². The summed E-state index contributed by atoms with van der Waals surface area (Å²) in [4.78, 5) is 24.6.